The van der Waals surface area contributed by atoms with Crippen molar-refractivity contribution in [3.8, 4) is 0 Å². The topological polar surface area (TPSA) is 116 Å². The Morgan fingerprint density at radius 1 is 1.00 bits per heavy atom. The van der Waals surface area contributed by atoms with E-state index in [1.165, 1.54) is 0 Å². The van der Waals surface area contributed by atoms with Crippen LogP contribution in [0.4, 0.5) is 0 Å². The van der Waals surface area contributed by atoms with Gasteiger partial charge in [0.05, 0.1) is 0 Å². The molecule has 0 bridgehead atoms. The summed E-state index contributed by atoms with van der Waals surface area (Å²) < 4.78 is 4.70. The lowest BCUT2D eigenvalue weighted by Crippen LogP contribution is -2.59. The van der Waals surface area contributed by atoms with E-state index in [0.717, 1.165) is 0 Å². The Morgan fingerprint density at radius 3 is 2.08 bits per heavy atom. The average molecular weight is 179 g/mol. The lowest BCUT2D eigenvalue weighted by atomic mass is 9.99. The van der Waals surface area contributed by atoms with Crippen molar-refractivity contribution in [3.63, 3.8) is 0 Å². The molecule has 6 nitrogen and oxygen atoms in total. The molecule has 6 heteroatoms. The molecule has 0 radical (unpaired) electrons. The third-order valence-corrected chi connectivity index (χ3v) is 1.92. The Kier molecular flexibility index (Phi) is 2.99. The molecule has 12 heavy (non-hydrogen) atoms. The molecule has 0 saturated carbocycles. The quantitative estimate of drug-likeness (QED) is 0.288. The molecule has 0 aliphatic carbocycles. The van der Waals surface area contributed by atoms with Gasteiger partial charge in [-0.05, 0) is 0 Å². The molecule has 1 fully saturated rings. The first kappa shape index (κ1) is 9.85. The van der Waals surface area contributed by atoms with Crippen LogP contribution in [0.2, 0.25) is 0 Å². The Hall–Kier alpha value is -0.240. The number of aliphatic hydroxyl groups is 4. The summed E-state index contributed by atoms with van der Waals surface area (Å²) in [5.74, 6) is 0. The number of aliphatic hydroxyl groups excluding tert-OH is 4. The van der Waals surface area contributed by atoms with Gasteiger partial charge in [0.2, 0.25) is 0 Å². The summed E-state index contributed by atoms with van der Waals surface area (Å²) in [4.78, 5) is 0. The second kappa shape index (κ2) is 3.65. The maximum Gasteiger partial charge on any atom is 0.184 e. The van der Waals surface area contributed by atoms with Crippen LogP contribution in [-0.2, 0) is 4.74 Å². The van der Waals surface area contributed by atoms with Crippen molar-refractivity contribution in [2.75, 3.05) is 6.54 Å². The summed E-state index contributed by atoms with van der Waals surface area (Å²) in [5, 5.41) is 36.3. The highest BCUT2D eigenvalue weighted by molar-refractivity contribution is 4.88. The minimum Gasteiger partial charge on any atom is -0.388 e. The van der Waals surface area contributed by atoms with E-state index in [0.29, 0.717) is 0 Å². The first-order valence-electron chi connectivity index (χ1n) is 3.65. The molecule has 1 heterocycles. The fourth-order valence-corrected chi connectivity index (χ4v) is 1.13. The van der Waals surface area contributed by atoms with E-state index in [1.54, 1.807) is 0 Å². The van der Waals surface area contributed by atoms with Gasteiger partial charge in [0.25, 0.3) is 0 Å². The first-order chi connectivity index (χ1) is 5.57. The van der Waals surface area contributed by atoms with Crippen molar-refractivity contribution < 1.29 is 25.2 Å². The molecule has 0 aromatic heterocycles. The molecular weight excluding hydrogens is 166 g/mol. The Morgan fingerprint density at radius 2 is 1.58 bits per heavy atom. The molecule has 6 N–H and O–H groups in total. The Bertz CT molecular complexity index is 150. The molecule has 0 spiro atoms. The lowest BCUT2D eigenvalue weighted by Gasteiger charge is -2.37. The number of ether oxygens (including phenoxy) is 1. The SMILES string of the molecule is NC[C@@H]1OC(O)[C@H](O)[C@@H](O)[C@@H]1O. The molecule has 1 rings (SSSR count). The van der Waals surface area contributed by atoms with Gasteiger partial charge in [-0.3, -0.25) is 0 Å². The molecule has 72 valence electrons. The summed E-state index contributed by atoms with van der Waals surface area (Å²) in [6, 6.07) is 0. The molecule has 5 atom stereocenters. The van der Waals surface area contributed by atoms with E-state index >= 15 is 0 Å². The zero-order valence-corrected chi connectivity index (χ0v) is 6.37. The normalized spacial score (nSPS) is 49.2. The summed E-state index contributed by atoms with van der Waals surface area (Å²) in [5.41, 5.74) is 5.17. The number of hydrogen-bond donors (Lipinski definition) is 5. The van der Waals surface area contributed by atoms with Crippen molar-refractivity contribution in [3.05, 3.63) is 0 Å². The number of rotatable bonds is 1. The molecular formula is C6H13NO5. The monoisotopic (exact) mass is 179 g/mol. The van der Waals surface area contributed by atoms with E-state index in [9.17, 15) is 5.11 Å². The maximum absolute atomic E-state index is 9.20. The standard InChI is InChI=1S/C6H13NO5/c7-1-2-3(8)4(9)5(10)6(11)12-2/h2-6,8-11H,1,7H2/t2-,3+,4-,5+,6?/m0/s1. The van der Waals surface area contributed by atoms with Crippen LogP contribution in [0.3, 0.4) is 0 Å². The van der Waals surface area contributed by atoms with E-state index in [-0.39, 0.29) is 6.54 Å². The van der Waals surface area contributed by atoms with Gasteiger partial charge in [-0.2, -0.15) is 0 Å². The predicted octanol–water partition coefficient (Wildman–Crippen LogP) is -3.25. The van der Waals surface area contributed by atoms with Gasteiger partial charge < -0.3 is 30.9 Å². The first-order valence-corrected chi connectivity index (χ1v) is 3.65. The van der Waals surface area contributed by atoms with Crippen LogP contribution >= 0.6 is 0 Å². The molecule has 1 saturated heterocycles. The van der Waals surface area contributed by atoms with Crippen molar-refractivity contribution in [1.82, 2.24) is 0 Å². The summed E-state index contributed by atoms with van der Waals surface area (Å²) in [6.45, 7) is -0.0258. The van der Waals surface area contributed by atoms with Crippen LogP contribution in [0.1, 0.15) is 0 Å². The molecule has 1 unspecified atom stereocenters. The second-order valence-corrected chi connectivity index (χ2v) is 2.77. The Balaban J connectivity index is 2.63. The van der Waals surface area contributed by atoms with E-state index in [1.807, 2.05) is 0 Å². The third kappa shape index (κ3) is 1.58. The molecule has 0 aromatic rings. The van der Waals surface area contributed by atoms with Crippen molar-refractivity contribution in [2.24, 2.45) is 5.73 Å². The van der Waals surface area contributed by atoms with E-state index < -0.39 is 30.7 Å². The van der Waals surface area contributed by atoms with E-state index in [2.05, 4.69) is 0 Å². The molecule has 0 amide bonds. The second-order valence-electron chi connectivity index (χ2n) is 2.77. The van der Waals surface area contributed by atoms with Gasteiger partial charge in [-0.15, -0.1) is 0 Å². The fraction of sp³-hybridized carbons (Fsp3) is 1.00. The highest BCUT2D eigenvalue weighted by Crippen LogP contribution is 2.18. The van der Waals surface area contributed by atoms with Gasteiger partial charge in [-0.25, -0.2) is 0 Å². The summed E-state index contributed by atoms with van der Waals surface area (Å²) in [7, 11) is 0. The predicted molar refractivity (Wildman–Crippen MR) is 38.0 cm³/mol. The van der Waals surface area contributed by atoms with Gasteiger partial charge in [0, 0.05) is 6.54 Å². The van der Waals surface area contributed by atoms with Crippen LogP contribution in [0.25, 0.3) is 0 Å². The maximum atomic E-state index is 9.20. The summed E-state index contributed by atoms with van der Waals surface area (Å²) >= 11 is 0. The largest absolute Gasteiger partial charge is 0.388 e. The lowest BCUT2D eigenvalue weighted by molar-refractivity contribution is -0.279. The zero-order chi connectivity index (χ0) is 9.30. The van der Waals surface area contributed by atoms with E-state index in [4.69, 9.17) is 25.8 Å². The zero-order valence-electron chi connectivity index (χ0n) is 6.37. The van der Waals surface area contributed by atoms with Crippen molar-refractivity contribution in [1.29, 1.82) is 0 Å². The van der Waals surface area contributed by atoms with Crippen LogP contribution in [0.15, 0.2) is 0 Å². The smallest absolute Gasteiger partial charge is 0.184 e. The molecule has 1 aliphatic heterocycles. The van der Waals surface area contributed by atoms with Crippen molar-refractivity contribution >= 4 is 0 Å². The highest BCUT2D eigenvalue weighted by Gasteiger charge is 2.42. The van der Waals surface area contributed by atoms with Gasteiger partial charge in [0.15, 0.2) is 6.29 Å². The van der Waals surface area contributed by atoms with Gasteiger partial charge in [-0.1, -0.05) is 0 Å². The highest BCUT2D eigenvalue weighted by atomic mass is 16.6. The summed E-state index contributed by atoms with van der Waals surface area (Å²) in [6.07, 6.45) is -6.48. The van der Waals surface area contributed by atoms with Gasteiger partial charge >= 0.3 is 0 Å². The third-order valence-electron chi connectivity index (χ3n) is 1.92. The number of nitrogens with two attached hydrogens (primary N) is 1. The Labute approximate surface area is 69.2 Å². The number of hydrogen-bond acceptors (Lipinski definition) is 6. The van der Waals surface area contributed by atoms with Crippen LogP contribution in [0, 0.1) is 0 Å². The average Bonchev–Trinajstić information content (AvgIpc) is 2.08. The minimum absolute atomic E-state index is 0.0258. The molecule has 0 aromatic carbocycles. The van der Waals surface area contributed by atoms with Crippen molar-refractivity contribution in [2.45, 2.75) is 30.7 Å². The fourth-order valence-electron chi connectivity index (χ4n) is 1.13. The molecule has 1 aliphatic rings. The minimum atomic E-state index is -1.49. The van der Waals surface area contributed by atoms with Crippen LogP contribution in [-0.4, -0.2) is 57.7 Å². The van der Waals surface area contributed by atoms with Crippen LogP contribution < -0.4 is 5.73 Å². The van der Waals surface area contributed by atoms with Crippen LogP contribution in [0.5, 0.6) is 0 Å². The van der Waals surface area contributed by atoms with Gasteiger partial charge in [0.1, 0.15) is 24.4 Å².